The first-order valence-corrected chi connectivity index (χ1v) is 13.1. The second kappa shape index (κ2) is 11.6. The lowest BCUT2D eigenvalue weighted by Gasteiger charge is -2.14. The van der Waals surface area contributed by atoms with Gasteiger partial charge in [-0.05, 0) is 45.4 Å². The number of thioether (sulfide) groups is 1. The molecule has 3 aromatic rings. The van der Waals surface area contributed by atoms with Gasteiger partial charge in [0.15, 0.2) is 11.0 Å². The molecule has 0 atom stereocenters. The Morgan fingerprint density at radius 2 is 1.97 bits per heavy atom. The second-order valence-corrected chi connectivity index (χ2v) is 10.4. The van der Waals surface area contributed by atoms with E-state index in [9.17, 15) is 14.4 Å². The van der Waals surface area contributed by atoms with Crippen LogP contribution in [-0.4, -0.2) is 58.5 Å². The molecular weight excluding hydrogens is 500 g/mol. The summed E-state index contributed by atoms with van der Waals surface area (Å²) in [5, 5.41) is 12.2. The lowest BCUT2D eigenvalue weighted by Crippen LogP contribution is -2.18. The van der Waals surface area contributed by atoms with Crippen molar-refractivity contribution in [3.05, 3.63) is 40.3 Å². The Kier molecular flexibility index (Phi) is 8.75. The fourth-order valence-electron chi connectivity index (χ4n) is 3.47. The highest BCUT2D eigenvalue weighted by Crippen LogP contribution is 2.34. The highest BCUT2D eigenvalue weighted by Gasteiger charge is 2.26. The minimum Gasteiger partial charge on any atom is -0.459 e. The number of benzene rings is 1. The van der Waals surface area contributed by atoms with Crippen molar-refractivity contribution >= 4 is 51.6 Å². The van der Waals surface area contributed by atoms with Gasteiger partial charge in [-0.15, -0.1) is 21.5 Å². The third kappa shape index (κ3) is 6.05. The first-order valence-electron chi connectivity index (χ1n) is 11.3. The summed E-state index contributed by atoms with van der Waals surface area (Å²) in [6.07, 6.45) is -0.360. The average Bonchev–Trinajstić information content (AvgIpc) is 3.37. The molecule has 192 valence electrons. The SMILES string of the molecule is CCn1c(SCC(=O)Nc2sc(C(N)=O)c(C)c2C(=O)OC(C)C)nnc1-c1cccc(N(C)C)c1. The van der Waals surface area contributed by atoms with Crippen LogP contribution in [0.3, 0.4) is 0 Å². The second-order valence-electron chi connectivity index (χ2n) is 8.41. The zero-order valence-electron chi connectivity index (χ0n) is 21.1. The first-order chi connectivity index (χ1) is 17.0. The number of ether oxygens (including phenoxy) is 1. The Hall–Kier alpha value is -3.38. The number of nitrogens with one attached hydrogen (secondary N) is 1. The molecule has 0 aliphatic carbocycles. The summed E-state index contributed by atoms with van der Waals surface area (Å²) < 4.78 is 7.24. The molecule has 0 spiro atoms. The van der Waals surface area contributed by atoms with Gasteiger partial charge in [-0.2, -0.15) is 0 Å². The van der Waals surface area contributed by atoms with E-state index in [2.05, 4.69) is 15.5 Å². The molecule has 3 N–H and O–H groups in total. The van der Waals surface area contributed by atoms with Crippen LogP contribution < -0.4 is 16.0 Å². The van der Waals surface area contributed by atoms with Crippen molar-refractivity contribution in [1.82, 2.24) is 14.8 Å². The van der Waals surface area contributed by atoms with E-state index in [1.54, 1.807) is 20.8 Å². The van der Waals surface area contributed by atoms with Crippen LogP contribution >= 0.6 is 23.1 Å². The Morgan fingerprint density at radius 3 is 2.58 bits per heavy atom. The maximum Gasteiger partial charge on any atom is 0.341 e. The number of carbonyl (C=O) groups is 3. The van der Waals surface area contributed by atoms with Crippen LogP contribution in [0.2, 0.25) is 0 Å². The summed E-state index contributed by atoms with van der Waals surface area (Å²) in [5.74, 6) is -0.921. The molecule has 0 fully saturated rings. The molecule has 10 nitrogen and oxygen atoms in total. The maximum absolute atomic E-state index is 12.8. The number of rotatable bonds is 10. The van der Waals surface area contributed by atoms with E-state index in [0.29, 0.717) is 23.1 Å². The minimum atomic E-state index is -0.673. The smallest absolute Gasteiger partial charge is 0.341 e. The molecule has 2 heterocycles. The summed E-state index contributed by atoms with van der Waals surface area (Å²) in [7, 11) is 3.94. The van der Waals surface area contributed by atoms with E-state index in [1.165, 1.54) is 11.8 Å². The number of hydrogen-bond donors (Lipinski definition) is 2. The number of esters is 1. The molecule has 0 aliphatic rings. The number of primary amides is 1. The van der Waals surface area contributed by atoms with Crippen LogP contribution in [0.25, 0.3) is 11.4 Å². The van der Waals surface area contributed by atoms with Gasteiger partial charge < -0.3 is 25.3 Å². The van der Waals surface area contributed by atoms with Gasteiger partial charge in [0.2, 0.25) is 5.91 Å². The van der Waals surface area contributed by atoms with E-state index in [4.69, 9.17) is 10.5 Å². The van der Waals surface area contributed by atoms with Gasteiger partial charge in [0.25, 0.3) is 5.91 Å². The Balaban J connectivity index is 1.78. The molecule has 0 unspecified atom stereocenters. The van der Waals surface area contributed by atoms with E-state index >= 15 is 0 Å². The number of hydrogen-bond acceptors (Lipinski definition) is 9. The van der Waals surface area contributed by atoms with E-state index in [0.717, 1.165) is 22.6 Å². The van der Waals surface area contributed by atoms with Gasteiger partial charge in [-0.3, -0.25) is 9.59 Å². The van der Waals surface area contributed by atoms with E-state index < -0.39 is 11.9 Å². The van der Waals surface area contributed by atoms with Crippen LogP contribution in [-0.2, 0) is 16.1 Å². The zero-order valence-corrected chi connectivity index (χ0v) is 22.7. The topological polar surface area (TPSA) is 132 Å². The van der Waals surface area contributed by atoms with E-state index in [-0.39, 0.29) is 33.2 Å². The van der Waals surface area contributed by atoms with Crippen molar-refractivity contribution in [3.63, 3.8) is 0 Å². The largest absolute Gasteiger partial charge is 0.459 e. The molecule has 0 saturated heterocycles. The molecule has 36 heavy (non-hydrogen) atoms. The summed E-state index contributed by atoms with van der Waals surface area (Å²) in [6, 6.07) is 7.98. The molecule has 3 rings (SSSR count). The lowest BCUT2D eigenvalue weighted by atomic mass is 10.1. The first kappa shape index (κ1) is 27.2. The summed E-state index contributed by atoms with van der Waals surface area (Å²) in [4.78, 5) is 39.5. The van der Waals surface area contributed by atoms with Crippen LogP contribution in [0.5, 0.6) is 0 Å². The van der Waals surface area contributed by atoms with Crippen LogP contribution in [0.4, 0.5) is 10.7 Å². The zero-order chi connectivity index (χ0) is 26.6. The third-order valence-corrected chi connectivity index (χ3v) is 7.35. The fraction of sp³-hybridized carbons (Fsp3) is 0.375. The molecule has 0 saturated carbocycles. The molecular formula is C24H30N6O4S2. The van der Waals surface area contributed by atoms with Gasteiger partial charge in [0.1, 0.15) is 5.00 Å². The molecule has 2 aromatic heterocycles. The molecule has 1 aromatic carbocycles. The number of nitrogens with zero attached hydrogens (tertiary/aromatic N) is 4. The lowest BCUT2D eigenvalue weighted by molar-refractivity contribution is -0.113. The number of thiophene rings is 1. The highest BCUT2D eigenvalue weighted by atomic mass is 32.2. The Morgan fingerprint density at radius 1 is 1.25 bits per heavy atom. The molecule has 0 aliphatic heterocycles. The van der Waals surface area contributed by atoms with Crippen molar-refractivity contribution < 1.29 is 19.1 Å². The minimum absolute atomic E-state index is 0.0252. The number of amides is 2. The number of carbonyl (C=O) groups excluding carboxylic acids is 3. The number of anilines is 2. The van der Waals surface area contributed by atoms with Crippen molar-refractivity contribution in [3.8, 4) is 11.4 Å². The van der Waals surface area contributed by atoms with Crippen molar-refractivity contribution in [2.24, 2.45) is 5.73 Å². The van der Waals surface area contributed by atoms with Gasteiger partial charge in [-0.25, -0.2) is 4.79 Å². The highest BCUT2D eigenvalue weighted by molar-refractivity contribution is 7.99. The fourth-order valence-corrected chi connectivity index (χ4v) is 5.33. The van der Waals surface area contributed by atoms with Crippen molar-refractivity contribution in [1.29, 1.82) is 0 Å². The van der Waals surface area contributed by atoms with Gasteiger partial charge in [0, 0.05) is 31.9 Å². The monoisotopic (exact) mass is 530 g/mol. The number of nitrogens with two attached hydrogens (primary N) is 1. The Labute approximate surface area is 218 Å². The Bertz CT molecular complexity index is 1280. The summed E-state index contributed by atoms with van der Waals surface area (Å²) >= 11 is 2.19. The predicted octanol–water partition coefficient (Wildman–Crippen LogP) is 3.80. The van der Waals surface area contributed by atoms with Gasteiger partial charge in [0.05, 0.1) is 22.3 Å². The van der Waals surface area contributed by atoms with Crippen LogP contribution in [0, 0.1) is 6.92 Å². The normalized spacial score (nSPS) is 11.0. The average molecular weight is 531 g/mol. The van der Waals surface area contributed by atoms with Crippen LogP contribution in [0.1, 0.15) is 46.4 Å². The van der Waals surface area contributed by atoms with Gasteiger partial charge >= 0.3 is 5.97 Å². The molecule has 0 bridgehead atoms. The predicted molar refractivity (Wildman–Crippen MR) is 143 cm³/mol. The summed E-state index contributed by atoms with van der Waals surface area (Å²) in [6.45, 7) is 7.65. The standard InChI is InChI=1S/C24H30N6O4S2/c1-7-30-21(15-9-8-10-16(11-15)29(5)6)27-28-24(30)35-12-17(31)26-22-18(23(33)34-13(2)3)14(4)19(36-22)20(25)32/h8-11,13H,7,12H2,1-6H3,(H2,25,32)(H,26,31). The number of aromatic nitrogens is 3. The quantitative estimate of drug-likeness (QED) is 0.299. The molecule has 0 radical (unpaired) electrons. The van der Waals surface area contributed by atoms with E-state index in [1.807, 2.05) is 54.8 Å². The van der Waals surface area contributed by atoms with Gasteiger partial charge in [-0.1, -0.05) is 23.9 Å². The van der Waals surface area contributed by atoms with Crippen molar-refractivity contribution in [2.45, 2.75) is 45.5 Å². The molecule has 2 amide bonds. The third-order valence-electron chi connectivity index (χ3n) is 5.16. The summed E-state index contributed by atoms with van der Waals surface area (Å²) in [5.41, 5.74) is 7.94. The molecule has 12 heteroatoms. The van der Waals surface area contributed by atoms with Crippen LogP contribution in [0.15, 0.2) is 29.4 Å². The maximum atomic E-state index is 12.8. The van der Waals surface area contributed by atoms with Crippen molar-refractivity contribution in [2.75, 3.05) is 30.1 Å².